The van der Waals surface area contributed by atoms with Crippen molar-refractivity contribution in [1.82, 2.24) is 0 Å². The Hall–Kier alpha value is -2.71. The summed E-state index contributed by atoms with van der Waals surface area (Å²) in [5.41, 5.74) is 0. The Morgan fingerprint density at radius 1 is 0.477 bits per heavy atom. The summed E-state index contributed by atoms with van der Waals surface area (Å²) in [6.45, 7) is 4.66. The maximum atomic E-state index is 12.8. The SMILES string of the molecule is CC/C=C\C/C=C\C/C=C\C/C=C\CCCCCCCCCCCCC(=O)OC(COCCC(C(=O)O)[N+](C)(C)C)COC(=O)CCCCCCCCCCCCCCCCCCCC. The van der Waals surface area contributed by atoms with Crippen LogP contribution in [0.4, 0.5) is 0 Å². The van der Waals surface area contributed by atoms with Crippen LogP contribution < -0.4 is 0 Å². The number of esters is 2. The van der Waals surface area contributed by atoms with E-state index in [1.807, 2.05) is 21.1 Å². The highest BCUT2D eigenvalue weighted by molar-refractivity contribution is 5.72. The molecule has 0 saturated carbocycles. The molecule has 0 saturated heterocycles. The fourth-order valence-electron chi connectivity index (χ4n) is 8.09. The molecule has 378 valence electrons. The molecule has 8 heteroatoms. The van der Waals surface area contributed by atoms with Crippen LogP contribution in [0, 0.1) is 0 Å². The molecule has 0 spiro atoms. The zero-order valence-electron chi connectivity index (χ0n) is 43.2. The molecule has 0 aromatic heterocycles. The molecule has 0 aromatic rings. The van der Waals surface area contributed by atoms with E-state index in [9.17, 15) is 19.5 Å². The van der Waals surface area contributed by atoms with Crippen LogP contribution in [-0.4, -0.2) is 80.6 Å². The zero-order valence-corrected chi connectivity index (χ0v) is 43.2. The molecule has 0 amide bonds. The minimum Gasteiger partial charge on any atom is -0.477 e. The molecule has 0 aliphatic rings. The summed E-state index contributed by atoms with van der Waals surface area (Å²) >= 11 is 0. The monoisotopic (exact) mass is 915 g/mol. The van der Waals surface area contributed by atoms with Gasteiger partial charge in [0.2, 0.25) is 0 Å². The molecule has 0 aliphatic carbocycles. The molecule has 0 heterocycles. The van der Waals surface area contributed by atoms with E-state index in [0.29, 0.717) is 19.3 Å². The largest absolute Gasteiger partial charge is 0.477 e. The van der Waals surface area contributed by atoms with Crippen molar-refractivity contribution in [2.75, 3.05) is 41.0 Å². The lowest BCUT2D eigenvalue weighted by Crippen LogP contribution is -2.50. The number of allylic oxidation sites excluding steroid dienone is 8. The summed E-state index contributed by atoms with van der Waals surface area (Å²) < 4.78 is 17.4. The summed E-state index contributed by atoms with van der Waals surface area (Å²) in [5.74, 6) is -1.46. The number of carbonyl (C=O) groups excluding carboxylic acids is 2. The fraction of sp³-hybridized carbons (Fsp3) is 0.807. The Morgan fingerprint density at radius 3 is 1.28 bits per heavy atom. The lowest BCUT2D eigenvalue weighted by Gasteiger charge is -2.31. The second kappa shape index (κ2) is 47.8. The smallest absolute Gasteiger partial charge is 0.362 e. The van der Waals surface area contributed by atoms with Gasteiger partial charge in [-0.1, -0.05) is 223 Å². The average Bonchev–Trinajstić information content (AvgIpc) is 3.27. The van der Waals surface area contributed by atoms with Crippen LogP contribution in [0.15, 0.2) is 48.6 Å². The van der Waals surface area contributed by atoms with Crippen LogP contribution in [-0.2, 0) is 28.6 Å². The topological polar surface area (TPSA) is 99.1 Å². The molecule has 0 fully saturated rings. The first-order valence-electron chi connectivity index (χ1n) is 27.2. The fourth-order valence-corrected chi connectivity index (χ4v) is 8.09. The second-order valence-electron chi connectivity index (χ2n) is 19.5. The van der Waals surface area contributed by atoms with Gasteiger partial charge in [0.15, 0.2) is 12.1 Å². The van der Waals surface area contributed by atoms with Gasteiger partial charge in [0.1, 0.15) is 6.61 Å². The number of carboxylic acids is 1. The number of likely N-dealkylation sites (N-methyl/N-ethyl adjacent to an activating group) is 1. The summed E-state index contributed by atoms with van der Waals surface area (Å²) in [6, 6.07) is -0.616. The molecule has 65 heavy (non-hydrogen) atoms. The van der Waals surface area contributed by atoms with Gasteiger partial charge >= 0.3 is 17.9 Å². The highest BCUT2D eigenvalue weighted by Crippen LogP contribution is 2.17. The number of quaternary nitrogens is 1. The number of unbranched alkanes of at least 4 members (excludes halogenated alkanes) is 27. The van der Waals surface area contributed by atoms with Gasteiger partial charge < -0.3 is 23.8 Å². The molecular formula is C57H104NO7+. The number of rotatable bonds is 49. The van der Waals surface area contributed by atoms with E-state index in [4.69, 9.17) is 14.2 Å². The van der Waals surface area contributed by atoms with Gasteiger partial charge in [-0.3, -0.25) is 9.59 Å². The minimum atomic E-state index is -0.873. The van der Waals surface area contributed by atoms with Gasteiger partial charge in [-0.15, -0.1) is 0 Å². The first-order valence-corrected chi connectivity index (χ1v) is 27.2. The van der Waals surface area contributed by atoms with E-state index < -0.39 is 18.1 Å². The molecule has 2 atom stereocenters. The third-order valence-electron chi connectivity index (χ3n) is 12.2. The maximum absolute atomic E-state index is 12.8. The molecular weight excluding hydrogens is 811 g/mol. The lowest BCUT2D eigenvalue weighted by atomic mass is 10.0. The van der Waals surface area contributed by atoms with Gasteiger partial charge in [-0.2, -0.15) is 0 Å². The Kier molecular flexibility index (Phi) is 45.8. The number of hydrogen-bond donors (Lipinski definition) is 1. The molecule has 1 N–H and O–H groups in total. The van der Waals surface area contributed by atoms with Crippen molar-refractivity contribution in [3.63, 3.8) is 0 Å². The number of hydrogen-bond acceptors (Lipinski definition) is 6. The highest BCUT2D eigenvalue weighted by Gasteiger charge is 2.31. The quantitative estimate of drug-likeness (QED) is 0.0281. The highest BCUT2D eigenvalue weighted by atomic mass is 16.6. The van der Waals surface area contributed by atoms with Crippen molar-refractivity contribution >= 4 is 17.9 Å². The van der Waals surface area contributed by atoms with Crippen molar-refractivity contribution in [2.24, 2.45) is 0 Å². The average molecular weight is 915 g/mol. The Morgan fingerprint density at radius 2 is 0.862 bits per heavy atom. The van der Waals surface area contributed by atoms with E-state index in [0.717, 1.165) is 64.2 Å². The summed E-state index contributed by atoms with van der Waals surface area (Å²) in [5, 5.41) is 9.67. The van der Waals surface area contributed by atoms with E-state index in [-0.39, 0.29) is 36.2 Å². The second-order valence-corrected chi connectivity index (χ2v) is 19.5. The molecule has 0 rings (SSSR count). The van der Waals surface area contributed by atoms with Crippen LogP contribution >= 0.6 is 0 Å². The summed E-state index contributed by atoms with van der Waals surface area (Å²) in [6.07, 6.45) is 58.8. The molecule has 0 bridgehead atoms. The zero-order chi connectivity index (χ0) is 47.7. The number of ether oxygens (including phenoxy) is 3. The number of nitrogens with zero attached hydrogens (tertiary/aromatic N) is 1. The van der Waals surface area contributed by atoms with Crippen LogP contribution in [0.3, 0.4) is 0 Å². The van der Waals surface area contributed by atoms with Crippen molar-refractivity contribution < 1.29 is 38.2 Å². The van der Waals surface area contributed by atoms with Crippen LogP contribution in [0.1, 0.15) is 245 Å². The maximum Gasteiger partial charge on any atom is 0.362 e. The van der Waals surface area contributed by atoms with Gasteiger partial charge in [0.25, 0.3) is 0 Å². The molecule has 0 aromatic carbocycles. The van der Waals surface area contributed by atoms with Gasteiger partial charge in [0, 0.05) is 19.3 Å². The Balaban J connectivity index is 4.19. The van der Waals surface area contributed by atoms with Crippen LogP contribution in [0.25, 0.3) is 0 Å². The van der Waals surface area contributed by atoms with Crippen molar-refractivity contribution in [1.29, 1.82) is 0 Å². The van der Waals surface area contributed by atoms with Crippen LogP contribution in [0.2, 0.25) is 0 Å². The summed E-state index contributed by atoms with van der Waals surface area (Å²) in [7, 11) is 5.54. The van der Waals surface area contributed by atoms with E-state index in [2.05, 4.69) is 62.5 Å². The predicted molar refractivity (Wildman–Crippen MR) is 275 cm³/mol. The molecule has 8 nitrogen and oxygen atoms in total. The van der Waals surface area contributed by atoms with Crippen LogP contribution in [0.5, 0.6) is 0 Å². The van der Waals surface area contributed by atoms with Gasteiger partial charge in [0.05, 0.1) is 34.4 Å². The number of carbonyl (C=O) groups is 3. The Labute approximate surface area is 401 Å². The molecule has 0 aliphatic heterocycles. The summed E-state index contributed by atoms with van der Waals surface area (Å²) in [4.78, 5) is 37.2. The third kappa shape index (κ3) is 46.2. The van der Waals surface area contributed by atoms with Crippen molar-refractivity contribution in [2.45, 2.75) is 257 Å². The van der Waals surface area contributed by atoms with E-state index >= 15 is 0 Å². The van der Waals surface area contributed by atoms with E-state index in [1.165, 1.54) is 148 Å². The van der Waals surface area contributed by atoms with Crippen molar-refractivity contribution in [3.8, 4) is 0 Å². The normalized spacial score (nSPS) is 13.2. The Bertz CT molecular complexity index is 1200. The third-order valence-corrected chi connectivity index (χ3v) is 12.2. The minimum absolute atomic E-state index is 0.0499. The first-order chi connectivity index (χ1) is 31.6. The van der Waals surface area contributed by atoms with Gasteiger partial charge in [-0.25, -0.2) is 4.79 Å². The number of aliphatic carboxylic acids is 1. The van der Waals surface area contributed by atoms with Crippen molar-refractivity contribution in [3.05, 3.63) is 48.6 Å². The lowest BCUT2D eigenvalue weighted by molar-refractivity contribution is -0.887. The van der Waals surface area contributed by atoms with E-state index in [1.54, 1.807) is 0 Å². The molecule has 2 unspecified atom stereocenters. The molecule has 0 radical (unpaired) electrons. The standard InChI is InChI=1S/C57H103NO7/c1-6-8-10-12-14-16-18-20-22-24-26-27-28-29-30-32-34-36-38-40-42-44-46-48-56(60)65-53(51-63-50-49-54(57(61)62)58(3,4)5)52-64-55(59)47-45-43-41-39-37-35-33-31-25-23-21-19-17-15-13-11-9-7-2/h8,10,14,16,20,22,26-27,53-54H,6-7,9,11-13,15,17-19,21,23-25,28-52H2,1-5H3/p+1/b10-8-,16-14-,22-20-,27-26-. The van der Waals surface area contributed by atoms with Gasteiger partial charge in [-0.05, 0) is 51.4 Å². The number of carboxylic acid groups (broad SMARTS) is 1. The predicted octanol–water partition coefficient (Wildman–Crippen LogP) is 15.9. The first kappa shape index (κ1) is 62.3.